The van der Waals surface area contributed by atoms with Crippen molar-refractivity contribution in [1.82, 2.24) is 10.1 Å². The number of ether oxygens (including phenoxy) is 1. The van der Waals surface area contributed by atoms with Crippen LogP contribution in [0.25, 0.3) is 11.1 Å². The SMILES string of the molecule is Cc1noc(C)c1COC(=O)c1ccccc1CSc1nc2ccccc2o1. The lowest BCUT2D eigenvalue weighted by Gasteiger charge is -2.09. The zero-order valence-corrected chi connectivity index (χ0v) is 16.3. The summed E-state index contributed by atoms with van der Waals surface area (Å²) in [7, 11) is 0. The Morgan fingerprint density at radius 2 is 1.89 bits per heavy atom. The molecule has 4 rings (SSSR count). The van der Waals surface area contributed by atoms with Crippen LogP contribution in [0.1, 0.15) is 32.9 Å². The second-order valence-corrected chi connectivity index (χ2v) is 7.20. The Labute approximate surface area is 165 Å². The number of thioether (sulfide) groups is 1. The molecule has 0 aliphatic heterocycles. The van der Waals surface area contributed by atoms with Gasteiger partial charge in [-0.15, -0.1) is 0 Å². The van der Waals surface area contributed by atoms with Gasteiger partial charge in [0.25, 0.3) is 5.22 Å². The molecular weight excluding hydrogens is 376 g/mol. The third-order valence-corrected chi connectivity index (χ3v) is 5.27. The van der Waals surface area contributed by atoms with E-state index in [4.69, 9.17) is 13.7 Å². The minimum absolute atomic E-state index is 0.132. The summed E-state index contributed by atoms with van der Waals surface area (Å²) in [6.07, 6.45) is 0. The van der Waals surface area contributed by atoms with Gasteiger partial charge in [0.15, 0.2) is 5.58 Å². The number of aryl methyl sites for hydroxylation is 2. The van der Waals surface area contributed by atoms with Gasteiger partial charge in [-0.1, -0.05) is 47.3 Å². The van der Waals surface area contributed by atoms with Gasteiger partial charge in [0, 0.05) is 5.75 Å². The zero-order chi connectivity index (χ0) is 19.5. The quantitative estimate of drug-likeness (QED) is 0.333. The Bertz CT molecular complexity index is 1080. The number of rotatable bonds is 6. The molecule has 0 radical (unpaired) electrons. The highest BCUT2D eigenvalue weighted by Crippen LogP contribution is 2.27. The van der Waals surface area contributed by atoms with E-state index < -0.39 is 0 Å². The Morgan fingerprint density at radius 3 is 2.68 bits per heavy atom. The predicted octanol–water partition coefficient (Wildman–Crippen LogP) is 5.08. The lowest BCUT2D eigenvalue weighted by molar-refractivity contribution is 0.0470. The van der Waals surface area contributed by atoms with Crippen LogP contribution in [0, 0.1) is 13.8 Å². The fourth-order valence-electron chi connectivity index (χ4n) is 2.82. The molecule has 4 aromatic rings. The van der Waals surface area contributed by atoms with Crippen LogP contribution in [0.4, 0.5) is 0 Å². The second-order valence-electron chi connectivity index (χ2n) is 6.27. The number of fused-ring (bicyclic) bond motifs is 1. The molecule has 0 amide bonds. The van der Waals surface area contributed by atoms with E-state index in [0.29, 0.717) is 22.3 Å². The van der Waals surface area contributed by atoms with Crippen molar-refractivity contribution in [2.24, 2.45) is 0 Å². The molecule has 0 saturated carbocycles. The zero-order valence-electron chi connectivity index (χ0n) is 15.5. The topological polar surface area (TPSA) is 78.4 Å². The highest BCUT2D eigenvalue weighted by Gasteiger charge is 2.16. The fourth-order valence-corrected chi connectivity index (χ4v) is 3.66. The standard InChI is InChI=1S/C21H18N2O4S/c1-13-17(14(2)27-23-13)11-25-20(24)16-8-4-3-7-15(16)12-28-21-22-18-9-5-6-10-19(18)26-21/h3-10H,11-12H2,1-2H3. The molecule has 0 aliphatic rings. The molecule has 2 aromatic heterocycles. The van der Waals surface area contributed by atoms with Gasteiger partial charge in [0.2, 0.25) is 0 Å². The van der Waals surface area contributed by atoms with Crippen LogP contribution in [0.5, 0.6) is 0 Å². The second kappa shape index (κ2) is 7.90. The van der Waals surface area contributed by atoms with E-state index in [2.05, 4.69) is 10.1 Å². The maximum Gasteiger partial charge on any atom is 0.338 e. The van der Waals surface area contributed by atoms with E-state index >= 15 is 0 Å². The molecule has 7 heteroatoms. The van der Waals surface area contributed by atoms with Gasteiger partial charge in [-0.05, 0) is 37.6 Å². The van der Waals surface area contributed by atoms with Crippen LogP contribution < -0.4 is 0 Å². The van der Waals surface area contributed by atoms with E-state index in [-0.39, 0.29) is 12.6 Å². The van der Waals surface area contributed by atoms with Gasteiger partial charge >= 0.3 is 5.97 Å². The largest absolute Gasteiger partial charge is 0.457 e. The van der Waals surface area contributed by atoms with Crippen LogP contribution in [0.3, 0.4) is 0 Å². The van der Waals surface area contributed by atoms with Crippen molar-refractivity contribution in [2.45, 2.75) is 31.4 Å². The lowest BCUT2D eigenvalue weighted by atomic mass is 10.1. The maximum atomic E-state index is 12.6. The van der Waals surface area contributed by atoms with Crippen molar-refractivity contribution in [1.29, 1.82) is 0 Å². The highest BCUT2D eigenvalue weighted by molar-refractivity contribution is 7.98. The number of hydrogen-bond donors (Lipinski definition) is 0. The molecule has 2 aromatic carbocycles. The lowest BCUT2D eigenvalue weighted by Crippen LogP contribution is -2.08. The van der Waals surface area contributed by atoms with Crippen LogP contribution in [0.15, 0.2) is 62.7 Å². The van der Waals surface area contributed by atoms with Gasteiger partial charge in [0.1, 0.15) is 17.9 Å². The van der Waals surface area contributed by atoms with Crippen molar-refractivity contribution in [3.05, 3.63) is 76.7 Å². The molecule has 0 saturated heterocycles. The molecule has 2 heterocycles. The Kier molecular flexibility index (Phi) is 5.16. The number of carbonyl (C=O) groups excluding carboxylic acids is 1. The minimum Gasteiger partial charge on any atom is -0.457 e. The first-order valence-electron chi connectivity index (χ1n) is 8.77. The summed E-state index contributed by atoms with van der Waals surface area (Å²) in [4.78, 5) is 17.1. The predicted molar refractivity (Wildman–Crippen MR) is 105 cm³/mol. The first-order chi connectivity index (χ1) is 13.6. The van der Waals surface area contributed by atoms with E-state index in [1.807, 2.05) is 49.4 Å². The Balaban J connectivity index is 1.46. The molecule has 6 nitrogen and oxygen atoms in total. The van der Waals surface area contributed by atoms with Gasteiger partial charge < -0.3 is 13.7 Å². The number of hydrogen-bond acceptors (Lipinski definition) is 7. The minimum atomic E-state index is -0.381. The van der Waals surface area contributed by atoms with Crippen LogP contribution in [-0.2, 0) is 17.1 Å². The molecule has 0 atom stereocenters. The summed E-state index contributed by atoms with van der Waals surface area (Å²) in [6, 6.07) is 15.0. The average molecular weight is 394 g/mol. The molecule has 28 heavy (non-hydrogen) atoms. The summed E-state index contributed by atoms with van der Waals surface area (Å²) >= 11 is 1.44. The van der Waals surface area contributed by atoms with Crippen LogP contribution in [-0.4, -0.2) is 16.1 Å². The normalized spacial score (nSPS) is 11.1. The molecule has 0 N–H and O–H groups in total. The summed E-state index contributed by atoms with van der Waals surface area (Å²) in [5, 5.41) is 4.45. The summed E-state index contributed by atoms with van der Waals surface area (Å²) in [6.45, 7) is 3.76. The van der Waals surface area contributed by atoms with E-state index in [1.54, 1.807) is 13.0 Å². The first-order valence-corrected chi connectivity index (χ1v) is 9.75. The molecule has 0 aliphatic carbocycles. The molecule has 0 unspecified atom stereocenters. The molecule has 0 bridgehead atoms. The molecule has 0 spiro atoms. The number of benzene rings is 2. The summed E-state index contributed by atoms with van der Waals surface area (Å²) in [5.74, 6) is 0.822. The maximum absolute atomic E-state index is 12.6. The van der Waals surface area contributed by atoms with Gasteiger partial charge in [0.05, 0.1) is 16.8 Å². The van der Waals surface area contributed by atoms with E-state index in [1.165, 1.54) is 11.8 Å². The van der Waals surface area contributed by atoms with Gasteiger partial charge in [-0.2, -0.15) is 0 Å². The van der Waals surface area contributed by atoms with Gasteiger partial charge in [-0.25, -0.2) is 9.78 Å². The molecule has 0 fully saturated rings. The number of oxazole rings is 1. The number of para-hydroxylation sites is 2. The number of aromatic nitrogens is 2. The number of esters is 1. The van der Waals surface area contributed by atoms with Crippen LogP contribution in [0.2, 0.25) is 0 Å². The van der Waals surface area contributed by atoms with Gasteiger partial charge in [-0.3, -0.25) is 0 Å². The van der Waals surface area contributed by atoms with Crippen LogP contribution >= 0.6 is 11.8 Å². The van der Waals surface area contributed by atoms with Crippen molar-refractivity contribution in [2.75, 3.05) is 0 Å². The third kappa shape index (κ3) is 3.80. The smallest absolute Gasteiger partial charge is 0.338 e. The summed E-state index contributed by atoms with van der Waals surface area (Å²) in [5.41, 5.74) is 4.47. The summed E-state index contributed by atoms with van der Waals surface area (Å²) < 4.78 is 16.3. The Hall–Kier alpha value is -3.06. The molecule has 142 valence electrons. The number of nitrogens with zero attached hydrogens (tertiary/aromatic N) is 2. The van der Waals surface area contributed by atoms with Crippen molar-refractivity contribution in [3.63, 3.8) is 0 Å². The first kappa shape index (κ1) is 18.3. The highest BCUT2D eigenvalue weighted by atomic mass is 32.2. The monoisotopic (exact) mass is 394 g/mol. The van der Waals surface area contributed by atoms with Crippen molar-refractivity contribution < 1.29 is 18.5 Å². The Morgan fingerprint density at radius 1 is 1.11 bits per heavy atom. The fraction of sp³-hybridized carbons (Fsp3) is 0.190. The average Bonchev–Trinajstić information content (AvgIpc) is 3.27. The number of carbonyl (C=O) groups is 1. The van der Waals surface area contributed by atoms with Crippen molar-refractivity contribution >= 4 is 28.8 Å². The third-order valence-electron chi connectivity index (χ3n) is 4.39. The van der Waals surface area contributed by atoms with E-state index in [0.717, 1.165) is 27.9 Å². The van der Waals surface area contributed by atoms with E-state index in [9.17, 15) is 4.79 Å². The van der Waals surface area contributed by atoms with Crippen molar-refractivity contribution in [3.8, 4) is 0 Å². The molecular formula is C21H18N2O4S.